The van der Waals surface area contributed by atoms with Crippen LogP contribution in [0.2, 0.25) is 0 Å². The van der Waals surface area contributed by atoms with Gasteiger partial charge in [0.25, 0.3) is 0 Å². The van der Waals surface area contributed by atoms with Gasteiger partial charge in [-0.15, -0.1) is 0 Å². The molecule has 0 atom stereocenters. The molecule has 0 amide bonds. The van der Waals surface area contributed by atoms with E-state index in [4.69, 9.17) is 0 Å². The van der Waals surface area contributed by atoms with E-state index in [1.165, 1.54) is 103 Å². The number of hydrogen-bond donors (Lipinski definition) is 0. The second-order valence-electron chi connectivity index (χ2n) is 7.91. The van der Waals surface area contributed by atoms with E-state index in [0.717, 1.165) is 13.1 Å². The Morgan fingerprint density at radius 2 is 0.926 bits per heavy atom. The molecule has 0 saturated carbocycles. The predicted octanol–water partition coefficient (Wildman–Crippen LogP) is 2.71. The molecule has 0 aromatic carbocycles. The molecular formula is C23H46LiNO2. The van der Waals surface area contributed by atoms with Crippen molar-refractivity contribution in [2.24, 2.45) is 0 Å². The van der Waals surface area contributed by atoms with Crippen molar-refractivity contribution in [3.05, 3.63) is 0 Å². The van der Waals surface area contributed by atoms with Gasteiger partial charge in [0.2, 0.25) is 0 Å². The molecule has 3 nitrogen and oxygen atoms in total. The molecule has 0 aromatic rings. The summed E-state index contributed by atoms with van der Waals surface area (Å²) in [6.45, 7) is 7.29. The third-order valence-corrected chi connectivity index (χ3v) is 5.29. The van der Waals surface area contributed by atoms with Gasteiger partial charge in [0.15, 0.2) is 0 Å². The molecule has 0 aliphatic heterocycles. The van der Waals surface area contributed by atoms with Crippen molar-refractivity contribution in [1.82, 2.24) is 4.90 Å². The fourth-order valence-corrected chi connectivity index (χ4v) is 3.52. The molecule has 0 aliphatic rings. The zero-order valence-corrected chi connectivity index (χ0v) is 18.9. The molecule has 0 spiro atoms. The number of carbonyl (C=O) groups excluding carboxylic acids is 1. The van der Waals surface area contributed by atoms with E-state index in [-0.39, 0.29) is 25.3 Å². The second-order valence-corrected chi connectivity index (χ2v) is 7.91. The topological polar surface area (TPSA) is 43.4 Å². The molecule has 0 aliphatic carbocycles. The van der Waals surface area contributed by atoms with Crippen molar-refractivity contribution < 1.29 is 28.8 Å². The number of carbonyl (C=O) groups is 1. The number of unbranched alkanes of at least 4 members (excludes halogenated alkanes) is 14. The Bertz CT molecular complexity index is 280. The zero-order valence-electron chi connectivity index (χ0n) is 18.9. The van der Waals surface area contributed by atoms with Gasteiger partial charge in [-0.3, -0.25) is 0 Å². The average Bonchev–Trinajstić information content (AvgIpc) is 2.63. The molecule has 27 heavy (non-hydrogen) atoms. The summed E-state index contributed by atoms with van der Waals surface area (Å²) in [6.07, 6.45) is 21.4. The largest absolute Gasteiger partial charge is 1.00 e. The third kappa shape index (κ3) is 24.0. The Kier molecular flexibility index (Phi) is 26.1. The molecular weight excluding hydrogens is 329 g/mol. The van der Waals surface area contributed by atoms with Crippen LogP contribution in [0.3, 0.4) is 0 Å². The van der Waals surface area contributed by atoms with Crippen LogP contribution in [0.25, 0.3) is 0 Å². The molecule has 0 heterocycles. The van der Waals surface area contributed by atoms with Gasteiger partial charge in [-0.2, -0.15) is 0 Å². The van der Waals surface area contributed by atoms with Gasteiger partial charge in [-0.25, -0.2) is 0 Å². The minimum absolute atomic E-state index is 0. The van der Waals surface area contributed by atoms with Gasteiger partial charge >= 0.3 is 18.9 Å². The smallest absolute Gasteiger partial charge is 0.550 e. The number of nitrogens with zero attached hydrogens (tertiary/aromatic N) is 1. The zero-order chi connectivity index (χ0) is 19.3. The van der Waals surface area contributed by atoms with Gasteiger partial charge in [0.1, 0.15) is 0 Å². The Labute approximate surface area is 182 Å². The fraction of sp³-hybridized carbons (Fsp3) is 0.957. The summed E-state index contributed by atoms with van der Waals surface area (Å²) in [5.41, 5.74) is 0. The van der Waals surface area contributed by atoms with E-state index < -0.39 is 5.97 Å². The van der Waals surface area contributed by atoms with Crippen LogP contribution in [-0.4, -0.2) is 30.5 Å². The molecule has 0 unspecified atom stereocenters. The van der Waals surface area contributed by atoms with Crippen molar-refractivity contribution in [3.63, 3.8) is 0 Å². The van der Waals surface area contributed by atoms with E-state index in [0.29, 0.717) is 6.54 Å². The first kappa shape index (κ1) is 29.2. The Morgan fingerprint density at radius 1 is 0.593 bits per heavy atom. The Morgan fingerprint density at radius 3 is 1.26 bits per heavy atom. The summed E-state index contributed by atoms with van der Waals surface area (Å²) in [5.74, 6) is -0.915. The molecule has 0 fully saturated rings. The molecule has 4 heteroatoms. The van der Waals surface area contributed by atoms with Crippen LogP contribution in [0.15, 0.2) is 0 Å². The van der Waals surface area contributed by atoms with Crippen LogP contribution >= 0.6 is 0 Å². The Hall–Kier alpha value is 0.0274. The molecule has 0 rings (SSSR count). The standard InChI is InChI=1S/C23H47NO2.Li/c1-3-5-7-9-11-13-15-17-20-24(22-19-23(25)26)21-18-16-14-12-10-8-6-4-2;/h3-22H2,1-2H3,(H,25,26);/q;+1/p-1. The summed E-state index contributed by atoms with van der Waals surface area (Å²) in [7, 11) is 0. The van der Waals surface area contributed by atoms with Crippen LogP contribution in [0.4, 0.5) is 0 Å². The number of rotatable bonds is 21. The fourth-order valence-electron chi connectivity index (χ4n) is 3.52. The van der Waals surface area contributed by atoms with Gasteiger partial charge in [-0.1, -0.05) is 104 Å². The molecule has 0 N–H and O–H groups in total. The maximum atomic E-state index is 10.8. The summed E-state index contributed by atoms with van der Waals surface area (Å²) < 4.78 is 0. The van der Waals surface area contributed by atoms with Crippen LogP contribution in [-0.2, 0) is 4.79 Å². The maximum absolute atomic E-state index is 10.8. The predicted molar refractivity (Wildman–Crippen MR) is 111 cm³/mol. The van der Waals surface area contributed by atoms with Crippen LogP contribution in [0.5, 0.6) is 0 Å². The monoisotopic (exact) mass is 375 g/mol. The van der Waals surface area contributed by atoms with E-state index in [9.17, 15) is 9.90 Å². The summed E-state index contributed by atoms with van der Waals surface area (Å²) in [6, 6.07) is 0. The first-order valence-electron chi connectivity index (χ1n) is 11.6. The van der Waals surface area contributed by atoms with Crippen LogP contribution < -0.4 is 24.0 Å². The molecule has 156 valence electrons. The number of aliphatic carboxylic acids is 1. The summed E-state index contributed by atoms with van der Waals surface area (Å²) in [4.78, 5) is 13.1. The van der Waals surface area contributed by atoms with Crippen molar-refractivity contribution in [3.8, 4) is 0 Å². The SMILES string of the molecule is CCCCCCCCCCN(CCCCCCCCCC)CCC(=O)[O-].[Li+]. The first-order chi connectivity index (χ1) is 12.7. The minimum atomic E-state index is -0.915. The third-order valence-electron chi connectivity index (χ3n) is 5.29. The molecule has 0 aromatic heterocycles. The van der Waals surface area contributed by atoms with E-state index in [1.54, 1.807) is 0 Å². The number of carboxylic acid groups (broad SMARTS) is 1. The number of hydrogen-bond acceptors (Lipinski definition) is 3. The van der Waals surface area contributed by atoms with Gasteiger partial charge in [0, 0.05) is 12.5 Å². The average molecular weight is 376 g/mol. The first-order valence-corrected chi connectivity index (χ1v) is 11.6. The maximum Gasteiger partial charge on any atom is 1.00 e. The minimum Gasteiger partial charge on any atom is -0.550 e. The van der Waals surface area contributed by atoms with Crippen molar-refractivity contribution in [2.45, 2.75) is 123 Å². The van der Waals surface area contributed by atoms with Crippen molar-refractivity contribution in [2.75, 3.05) is 19.6 Å². The normalized spacial score (nSPS) is 10.9. The van der Waals surface area contributed by atoms with Gasteiger partial charge in [0.05, 0.1) is 0 Å². The van der Waals surface area contributed by atoms with E-state index in [1.807, 2.05) is 0 Å². The summed E-state index contributed by atoms with van der Waals surface area (Å²) >= 11 is 0. The molecule has 0 saturated heterocycles. The summed E-state index contributed by atoms with van der Waals surface area (Å²) in [5, 5.41) is 10.8. The van der Waals surface area contributed by atoms with Gasteiger partial charge < -0.3 is 14.8 Å². The van der Waals surface area contributed by atoms with Gasteiger partial charge in [-0.05, 0) is 32.4 Å². The Balaban J connectivity index is 0. The van der Waals surface area contributed by atoms with Crippen molar-refractivity contribution in [1.29, 1.82) is 0 Å². The van der Waals surface area contributed by atoms with Crippen molar-refractivity contribution >= 4 is 5.97 Å². The van der Waals surface area contributed by atoms with E-state index >= 15 is 0 Å². The quantitative estimate of drug-likeness (QED) is 0.229. The van der Waals surface area contributed by atoms with Crippen LogP contribution in [0.1, 0.15) is 123 Å². The number of carboxylic acids is 1. The van der Waals surface area contributed by atoms with Crippen LogP contribution in [0, 0.1) is 0 Å². The van der Waals surface area contributed by atoms with E-state index in [2.05, 4.69) is 18.7 Å². The molecule has 0 bridgehead atoms. The molecule has 0 radical (unpaired) electrons. The second kappa shape index (κ2) is 24.1.